The molecule has 1 heterocycles. The van der Waals surface area contributed by atoms with E-state index in [-0.39, 0.29) is 24.7 Å². The number of hydrogen-bond acceptors (Lipinski definition) is 4. The standard InChI is InChI=1S/C26H26N2O3S/c27-25(31)24-20-14-8-3-9-15-21(20)32-26(24)28(22(29)16-18-10-4-1-5-11-18)23(30)17-19-12-6-2-7-13-19/h1-2,4-7,10-13H,3,8-9,14-17H2,(H2,27,31). The van der Waals surface area contributed by atoms with E-state index in [1.54, 1.807) is 0 Å². The Kier molecular flexibility index (Phi) is 6.81. The summed E-state index contributed by atoms with van der Waals surface area (Å²) < 4.78 is 0. The zero-order valence-electron chi connectivity index (χ0n) is 17.9. The number of amides is 3. The van der Waals surface area contributed by atoms with Crippen LogP contribution in [0.2, 0.25) is 0 Å². The molecule has 0 unspecified atom stereocenters. The van der Waals surface area contributed by atoms with Gasteiger partial charge in [0.15, 0.2) is 0 Å². The van der Waals surface area contributed by atoms with Crippen molar-refractivity contribution in [3.05, 3.63) is 87.8 Å². The first kappa shape index (κ1) is 22.0. The number of rotatable bonds is 6. The molecule has 1 aliphatic rings. The van der Waals surface area contributed by atoms with Gasteiger partial charge in [-0.3, -0.25) is 14.4 Å². The summed E-state index contributed by atoms with van der Waals surface area (Å²) in [5.74, 6) is -1.28. The number of carbonyl (C=O) groups excluding carboxylic acids is 3. The fraction of sp³-hybridized carbons (Fsp3) is 0.269. The first-order chi connectivity index (χ1) is 15.5. The van der Waals surface area contributed by atoms with Gasteiger partial charge in [0.2, 0.25) is 11.8 Å². The maximum atomic E-state index is 13.5. The van der Waals surface area contributed by atoms with Crippen LogP contribution in [-0.4, -0.2) is 17.7 Å². The van der Waals surface area contributed by atoms with Gasteiger partial charge in [0.1, 0.15) is 5.00 Å². The second kappa shape index (κ2) is 9.92. The van der Waals surface area contributed by atoms with E-state index in [2.05, 4.69) is 0 Å². The normalized spacial score (nSPS) is 13.1. The molecule has 5 nitrogen and oxygen atoms in total. The molecule has 32 heavy (non-hydrogen) atoms. The van der Waals surface area contributed by atoms with Gasteiger partial charge in [0, 0.05) is 4.88 Å². The summed E-state index contributed by atoms with van der Waals surface area (Å²) in [4.78, 5) is 41.7. The smallest absolute Gasteiger partial charge is 0.252 e. The van der Waals surface area contributed by atoms with Crippen molar-refractivity contribution in [2.45, 2.75) is 44.9 Å². The highest BCUT2D eigenvalue weighted by atomic mass is 32.1. The van der Waals surface area contributed by atoms with Crippen LogP contribution in [0.3, 0.4) is 0 Å². The summed E-state index contributed by atoms with van der Waals surface area (Å²) in [7, 11) is 0. The maximum absolute atomic E-state index is 13.5. The molecule has 0 spiro atoms. The van der Waals surface area contributed by atoms with Crippen molar-refractivity contribution < 1.29 is 14.4 Å². The molecular formula is C26H26N2O3S. The molecular weight excluding hydrogens is 420 g/mol. The Morgan fingerprint density at radius 1 is 0.781 bits per heavy atom. The summed E-state index contributed by atoms with van der Waals surface area (Å²) in [5.41, 5.74) is 8.68. The number of aryl methyl sites for hydroxylation is 1. The monoisotopic (exact) mass is 446 g/mol. The average Bonchev–Trinajstić information content (AvgIpc) is 2.97. The highest BCUT2D eigenvalue weighted by molar-refractivity contribution is 7.17. The second-order valence-electron chi connectivity index (χ2n) is 8.06. The van der Waals surface area contributed by atoms with E-state index in [1.165, 1.54) is 16.2 Å². The van der Waals surface area contributed by atoms with Crippen molar-refractivity contribution >= 4 is 34.1 Å². The van der Waals surface area contributed by atoms with E-state index in [4.69, 9.17) is 5.73 Å². The zero-order valence-corrected chi connectivity index (χ0v) is 18.7. The minimum Gasteiger partial charge on any atom is -0.365 e. The molecule has 0 aliphatic heterocycles. The number of anilines is 1. The molecule has 1 aromatic heterocycles. The molecule has 0 saturated heterocycles. The Morgan fingerprint density at radius 2 is 1.31 bits per heavy atom. The van der Waals surface area contributed by atoms with Gasteiger partial charge in [-0.25, -0.2) is 4.90 Å². The van der Waals surface area contributed by atoms with Crippen LogP contribution in [0.15, 0.2) is 60.7 Å². The highest BCUT2D eigenvalue weighted by Gasteiger charge is 2.32. The Morgan fingerprint density at radius 3 is 1.84 bits per heavy atom. The predicted octanol–water partition coefficient (Wildman–Crippen LogP) is 4.46. The van der Waals surface area contributed by atoms with Crippen molar-refractivity contribution in [3.63, 3.8) is 0 Å². The minimum atomic E-state index is -0.579. The number of carbonyl (C=O) groups is 3. The third kappa shape index (κ3) is 4.81. The largest absolute Gasteiger partial charge is 0.365 e. The summed E-state index contributed by atoms with van der Waals surface area (Å²) in [6.45, 7) is 0. The molecule has 4 rings (SSSR count). The Labute approximate surface area is 191 Å². The molecule has 164 valence electrons. The third-order valence-electron chi connectivity index (χ3n) is 5.75. The molecule has 0 atom stereocenters. The fourth-order valence-corrected chi connectivity index (χ4v) is 5.63. The molecule has 2 aromatic carbocycles. The van der Waals surface area contributed by atoms with Gasteiger partial charge in [0.05, 0.1) is 18.4 Å². The van der Waals surface area contributed by atoms with E-state index >= 15 is 0 Å². The van der Waals surface area contributed by atoms with E-state index in [1.807, 2.05) is 60.7 Å². The first-order valence-corrected chi connectivity index (χ1v) is 11.7. The lowest BCUT2D eigenvalue weighted by atomic mass is 10.0. The van der Waals surface area contributed by atoms with Gasteiger partial charge in [-0.15, -0.1) is 11.3 Å². The maximum Gasteiger partial charge on any atom is 0.252 e. The summed E-state index contributed by atoms with van der Waals surface area (Å²) in [5, 5.41) is 0.381. The lowest BCUT2D eigenvalue weighted by Crippen LogP contribution is -2.39. The van der Waals surface area contributed by atoms with Crippen LogP contribution in [0, 0.1) is 0 Å². The number of fused-ring (bicyclic) bond motifs is 1. The fourth-order valence-electron chi connectivity index (χ4n) is 4.20. The minimum absolute atomic E-state index is 0.0716. The van der Waals surface area contributed by atoms with Crippen LogP contribution in [0.4, 0.5) is 5.00 Å². The number of thiophene rings is 1. The third-order valence-corrected chi connectivity index (χ3v) is 7.02. The zero-order chi connectivity index (χ0) is 22.5. The predicted molar refractivity (Wildman–Crippen MR) is 127 cm³/mol. The Bertz CT molecular complexity index is 1070. The summed E-state index contributed by atoms with van der Waals surface area (Å²) >= 11 is 1.37. The summed E-state index contributed by atoms with van der Waals surface area (Å²) in [6, 6.07) is 18.6. The molecule has 1 aliphatic carbocycles. The second-order valence-corrected chi connectivity index (χ2v) is 9.14. The van der Waals surface area contributed by atoms with Crippen LogP contribution in [0.25, 0.3) is 0 Å². The van der Waals surface area contributed by atoms with Crippen LogP contribution in [-0.2, 0) is 35.3 Å². The van der Waals surface area contributed by atoms with Crippen LogP contribution in [0.5, 0.6) is 0 Å². The average molecular weight is 447 g/mol. The van der Waals surface area contributed by atoms with Crippen molar-refractivity contribution in [1.82, 2.24) is 0 Å². The molecule has 0 bridgehead atoms. The first-order valence-electron chi connectivity index (χ1n) is 10.9. The van der Waals surface area contributed by atoms with E-state index < -0.39 is 5.91 Å². The van der Waals surface area contributed by atoms with Gasteiger partial charge in [-0.05, 0) is 42.4 Å². The SMILES string of the molecule is NC(=O)c1c(N(C(=O)Cc2ccccc2)C(=O)Cc2ccccc2)sc2c1CCCCC2. The number of benzene rings is 2. The lowest BCUT2D eigenvalue weighted by Gasteiger charge is -2.21. The van der Waals surface area contributed by atoms with Crippen molar-refractivity contribution in [3.8, 4) is 0 Å². The van der Waals surface area contributed by atoms with Crippen molar-refractivity contribution in [2.75, 3.05) is 4.90 Å². The van der Waals surface area contributed by atoms with Gasteiger partial charge < -0.3 is 5.73 Å². The number of imide groups is 1. The quantitative estimate of drug-likeness (QED) is 0.568. The van der Waals surface area contributed by atoms with Gasteiger partial charge in [-0.2, -0.15) is 0 Å². The number of hydrogen-bond donors (Lipinski definition) is 1. The number of primary amides is 1. The van der Waals surface area contributed by atoms with Crippen LogP contribution < -0.4 is 10.6 Å². The lowest BCUT2D eigenvalue weighted by molar-refractivity contribution is -0.125. The Balaban J connectivity index is 1.76. The van der Waals surface area contributed by atoms with Gasteiger partial charge in [-0.1, -0.05) is 67.1 Å². The Hall–Kier alpha value is -3.25. The molecule has 0 saturated carbocycles. The molecule has 6 heteroatoms. The van der Waals surface area contributed by atoms with Crippen LogP contribution >= 0.6 is 11.3 Å². The molecule has 3 aromatic rings. The van der Waals surface area contributed by atoms with Gasteiger partial charge in [0.25, 0.3) is 5.91 Å². The highest BCUT2D eigenvalue weighted by Crippen LogP contribution is 2.40. The molecule has 0 radical (unpaired) electrons. The van der Waals surface area contributed by atoms with Crippen molar-refractivity contribution in [2.24, 2.45) is 5.73 Å². The van der Waals surface area contributed by atoms with Crippen molar-refractivity contribution in [1.29, 1.82) is 0 Å². The number of nitrogens with two attached hydrogens (primary N) is 1. The number of nitrogens with zero attached hydrogens (tertiary/aromatic N) is 1. The van der Waals surface area contributed by atoms with E-state index in [0.717, 1.165) is 53.7 Å². The molecule has 3 amide bonds. The van der Waals surface area contributed by atoms with E-state index in [0.29, 0.717) is 10.6 Å². The molecule has 2 N–H and O–H groups in total. The van der Waals surface area contributed by atoms with Crippen LogP contribution in [0.1, 0.15) is 51.2 Å². The summed E-state index contributed by atoms with van der Waals surface area (Å²) in [6.07, 6.45) is 4.83. The van der Waals surface area contributed by atoms with E-state index in [9.17, 15) is 14.4 Å². The molecule has 0 fully saturated rings. The van der Waals surface area contributed by atoms with Gasteiger partial charge >= 0.3 is 0 Å². The topological polar surface area (TPSA) is 80.5 Å².